The van der Waals surface area contributed by atoms with E-state index in [0.717, 1.165) is 32.5 Å². The fourth-order valence-corrected chi connectivity index (χ4v) is 4.29. The number of rotatable bonds is 5. The van der Waals surface area contributed by atoms with Crippen molar-refractivity contribution in [3.63, 3.8) is 0 Å². The fourth-order valence-electron chi connectivity index (χ4n) is 2.71. The zero-order valence-corrected chi connectivity index (χ0v) is 18.8. The molecule has 1 saturated heterocycles. The third-order valence-corrected chi connectivity index (χ3v) is 7.07. The average molecular weight is 385 g/mol. The van der Waals surface area contributed by atoms with E-state index in [1.54, 1.807) is 35.6 Å². The number of hydrogen-bond acceptors (Lipinski definition) is 3. The van der Waals surface area contributed by atoms with Crippen molar-refractivity contribution in [2.24, 2.45) is 0 Å². The summed E-state index contributed by atoms with van der Waals surface area (Å²) in [6.45, 7) is 15.5. The van der Waals surface area contributed by atoms with Crippen molar-refractivity contribution in [1.82, 2.24) is 9.21 Å². The van der Waals surface area contributed by atoms with Crippen LogP contribution in [0.15, 0.2) is 35.2 Å². The van der Waals surface area contributed by atoms with Gasteiger partial charge in [-0.1, -0.05) is 65.7 Å². The summed E-state index contributed by atoms with van der Waals surface area (Å²) >= 11 is 0. The lowest BCUT2D eigenvalue weighted by atomic mass is 9.90. The third-order valence-electron chi connectivity index (χ3n) is 5.04. The van der Waals surface area contributed by atoms with Gasteiger partial charge in [-0.05, 0) is 51.5 Å². The first-order valence-corrected chi connectivity index (χ1v) is 11.5. The summed E-state index contributed by atoms with van der Waals surface area (Å²) in [4.78, 5) is 2.74. The quantitative estimate of drug-likeness (QED) is 0.716. The van der Waals surface area contributed by atoms with E-state index in [2.05, 4.69) is 32.6 Å². The van der Waals surface area contributed by atoms with Gasteiger partial charge in [0.25, 0.3) is 0 Å². The molecule has 1 aromatic rings. The summed E-state index contributed by atoms with van der Waals surface area (Å²) in [5.74, 6) is 0. The Balaban J connectivity index is 0.000000920. The number of nitrogens with zero attached hydrogens (tertiary/aromatic N) is 2. The molecular weight excluding hydrogens is 344 g/mol. The SMILES string of the molecule is CC.CCCC.CCN1CCC(C)(N(C)S(=O)(=O)c2ccccc2)CC1. The van der Waals surface area contributed by atoms with Gasteiger partial charge >= 0.3 is 0 Å². The van der Waals surface area contributed by atoms with E-state index >= 15 is 0 Å². The van der Waals surface area contributed by atoms with Crippen molar-refractivity contribution in [2.45, 2.75) is 77.7 Å². The largest absolute Gasteiger partial charge is 0.303 e. The summed E-state index contributed by atoms with van der Waals surface area (Å²) in [5.41, 5.74) is -0.291. The van der Waals surface area contributed by atoms with E-state index < -0.39 is 10.0 Å². The molecule has 0 unspecified atom stereocenters. The lowest BCUT2D eigenvalue weighted by Gasteiger charge is -2.44. The van der Waals surface area contributed by atoms with Gasteiger partial charge in [0.2, 0.25) is 10.0 Å². The van der Waals surface area contributed by atoms with E-state index in [-0.39, 0.29) is 5.54 Å². The maximum Gasteiger partial charge on any atom is 0.243 e. The lowest BCUT2D eigenvalue weighted by Crippen LogP contribution is -2.53. The van der Waals surface area contributed by atoms with Crippen LogP contribution in [0, 0.1) is 0 Å². The number of likely N-dealkylation sites (tertiary alicyclic amines) is 1. The first-order chi connectivity index (χ1) is 12.3. The summed E-state index contributed by atoms with van der Waals surface area (Å²) < 4.78 is 27.0. The molecule has 0 atom stereocenters. The highest BCUT2D eigenvalue weighted by Crippen LogP contribution is 2.31. The molecule has 0 amide bonds. The highest BCUT2D eigenvalue weighted by atomic mass is 32.2. The molecular formula is C21H40N2O2S. The average Bonchev–Trinajstić information content (AvgIpc) is 2.70. The summed E-state index contributed by atoms with van der Waals surface area (Å²) in [6, 6.07) is 8.69. The number of sulfonamides is 1. The molecule has 0 N–H and O–H groups in total. The molecule has 5 heteroatoms. The van der Waals surface area contributed by atoms with Gasteiger partial charge in [-0.2, -0.15) is 4.31 Å². The Hall–Kier alpha value is -0.910. The smallest absolute Gasteiger partial charge is 0.243 e. The molecule has 0 aliphatic carbocycles. The van der Waals surface area contributed by atoms with Crippen LogP contribution in [0.2, 0.25) is 0 Å². The minimum absolute atomic E-state index is 0.291. The molecule has 4 nitrogen and oxygen atoms in total. The zero-order valence-electron chi connectivity index (χ0n) is 18.0. The highest BCUT2D eigenvalue weighted by Gasteiger charge is 2.39. The first kappa shape index (κ1) is 25.1. The molecule has 1 aliphatic rings. The predicted octanol–water partition coefficient (Wildman–Crippen LogP) is 5.01. The maximum absolute atomic E-state index is 12.7. The topological polar surface area (TPSA) is 40.6 Å². The second-order valence-electron chi connectivity index (χ2n) is 6.72. The fraction of sp³-hybridized carbons (Fsp3) is 0.714. The molecule has 0 saturated carbocycles. The maximum atomic E-state index is 12.7. The van der Waals surface area contributed by atoms with Crippen LogP contribution in [0.5, 0.6) is 0 Å². The van der Waals surface area contributed by atoms with E-state index in [1.165, 1.54) is 12.8 Å². The number of unbranched alkanes of at least 4 members (excludes halogenated alkanes) is 1. The molecule has 0 bridgehead atoms. The molecule has 152 valence electrons. The van der Waals surface area contributed by atoms with Crippen molar-refractivity contribution in [3.8, 4) is 0 Å². The first-order valence-electron chi connectivity index (χ1n) is 10.1. The van der Waals surface area contributed by atoms with Gasteiger partial charge in [-0.25, -0.2) is 8.42 Å². The molecule has 1 aromatic carbocycles. The Morgan fingerprint density at radius 3 is 1.85 bits per heavy atom. The second-order valence-corrected chi connectivity index (χ2v) is 8.69. The Morgan fingerprint density at radius 2 is 1.46 bits per heavy atom. The molecule has 26 heavy (non-hydrogen) atoms. The molecule has 1 aliphatic heterocycles. The van der Waals surface area contributed by atoms with E-state index in [1.807, 2.05) is 19.9 Å². The molecule has 2 rings (SSSR count). The Labute approximate surface area is 162 Å². The van der Waals surface area contributed by atoms with Gasteiger partial charge in [0, 0.05) is 12.6 Å². The van der Waals surface area contributed by atoms with Crippen LogP contribution in [-0.4, -0.2) is 49.8 Å². The van der Waals surface area contributed by atoms with Crippen molar-refractivity contribution >= 4 is 10.0 Å². The van der Waals surface area contributed by atoms with E-state index in [4.69, 9.17) is 0 Å². The van der Waals surface area contributed by atoms with Gasteiger partial charge in [-0.15, -0.1) is 0 Å². The van der Waals surface area contributed by atoms with Crippen LogP contribution in [-0.2, 0) is 10.0 Å². The normalized spacial score (nSPS) is 16.9. The standard InChI is InChI=1S/C15H24N2O2S.C4H10.C2H6/c1-4-17-12-10-15(2,11-13-17)16(3)20(18,19)14-8-6-5-7-9-14;1-3-4-2;1-2/h5-9H,4,10-13H2,1-3H3;3-4H2,1-2H3;1-2H3. The number of benzene rings is 1. The van der Waals surface area contributed by atoms with Gasteiger partial charge in [0.15, 0.2) is 0 Å². The molecule has 0 spiro atoms. The second kappa shape index (κ2) is 12.5. The summed E-state index contributed by atoms with van der Waals surface area (Å²) in [6.07, 6.45) is 4.40. The van der Waals surface area contributed by atoms with Crippen LogP contribution < -0.4 is 0 Å². The lowest BCUT2D eigenvalue weighted by molar-refractivity contribution is 0.107. The Kier molecular flexibility index (Phi) is 12.0. The van der Waals surface area contributed by atoms with Crippen molar-refractivity contribution in [3.05, 3.63) is 30.3 Å². The number of hydrogen-bond donors (Lipinski definition) is 0. The Bertz CT molecular complexity index is 563. The van der Waals surface area contributed by atoms with Gasteiger partial charge in [0.05, 0.1) is 4.90 Å². The van der Waals surface area contributed by atoms with Crippen LogP contribution in [0.1, 0.15) is 67.2 Å². The number of piperidine rings is 1. The van der Waals surface area contributed by atoms with E-state index in [9.17, 15) is 8.42 Å². The summed E-state index contributed by atoms with van der Waals surface area (Å²) in [5, 5.41) is 0. The highest BCUT2D eigenvalue weighted by molar-refractivity contribution is 7.89. The van der Waals surface area contributed by atoms with Crippen LogP contribution in [0.3, 0.4) is 0 Å². The van der Waals surface area contributed by atoms with Crippen LogP contribution in [0.25, 0.3) is 0 Å². The van der Waals surface area contributed by atoms with Crippen LogP contribution >= 0.6 is 0 Å². The van der Waals surface area contributed by atoms with Crippen LogP contribution in [0.4, 0.5) is 0 Å². The van der Waals surface area contributed by atoms with Gasteiger partial charge < -0.3 is 4.90 Å². The minimum Gasteiger partial charge on any atom is -0.303 e. The summed E-state index contributed by atoms with van der Waals surface area (Å²) in [7, 11) is -1.69. The molecule has 1 heterocycles. The van der Waals surface area contributed by atoms with Crippen molar-refractivity contribution in [2.75, 3.05) is 26.7 Å². The third kappa shape index (κ3) is 7.01. The minimum atomic E-state index is -3.41. The van der Waals surface area contributed by atoms with Gasteiger partial charge in [0.1, 0.15) is 0 Å². The van der Waals surface area contributed by atoms with Gasteiger partial charge in [-0.3, -0.25) is 0 Å². The molecule has 0 radical (unpaired) electrons. The Morgan fingerprint density at radius 1 is 1.00 bits per heavy atom. The molecule has 0 aromatic heterocycles. The molecule has 1 fully saturated rings. The monoisotopic (exact) mass is 384 g/mol. The van der Waals surface area contributed by atoms with Crippen molar-refractivity contribution in [1.29, 1.82) is 0 Å². The van der Waals surface area contributed by atoms with Crippen molar-refractivity contribution < 1.29 is 8.42 Å². The predicted molar refractivity (Wildman–Crippen MR) is 113 cm³/mol. The van der Waals surface area contributed by atoms with E-state index in [0.29, 0.717) is 4.90 Å². The zero-order chi connectivity index (χ0) is 20.2.